The standard InChI is InChI=1S/C16H22N2O4Si/c1-16(2,15(21)22)10-18-14(20)13-12(19)8-11(9-17-13)6-7-23(3,4)5/h8-9,19H,10H2,1-5H3,(H,18,20)(H,21,22). The lowest BCUT2D eigenvalue weighted by Crippen LogP contribution is -2.39. The Morgan fingerprint density at radius 3 is 2.43 bits per heavy atom. The van der Waals surface area contributed by atoms with E-state index in [4.69, 9.17) is 5.11 Å². The lowest BCUT2D eigenvalue weighted by atomic mass is 9.94. The molecule has 0 aliphatic carbocycles. The van der Waals surface area contributed by atoms with Gasteiger partial charge in [-0.3, -0.25) is 9.59 Å². The third kappa shape index (κ3) is 5.75. The zero-order valence-corrected chi connectivity index (χ0v) is 15.0. The molecule has 0 aliphatic heterocycles. The van der Waals surface area contributed by atoms with Crippen LogP contribution in [0.5, 0.6) is 5.75 Å². The third-order valence-electron chi connectivity index (χ3n) is 2.93. The van der Waals surface area contributed by atoms with Crippen LogP contribution in [0.2, 0.25) is 19.6 Å². The smallest absolute Gasteiger partial charge is 0.310 e. The van der Waals surface area contributed by atoms with Gasteiger partial charge in [0.25, 0.3) is 5.91 Å². The Morgan fingerprint density at radius 2 is 1.96 bits per heavy atom. The van der Waals surface area contributed by atoms with Crippen molar-refractivity contribution < 1.29 is 19.8 Å². The Bertz CT molecular complexity index is 682. The van der Waals surface area contributed by atoms with Crippen molar-refractivity contribution in [3.63, 3.8) is 0 Å². The van der Waals surface area contributed by atoms with E-state index in [-0.39, 0.29) is 18.0 Å². The minimum atomic E-state index is -1.54. The van der Waals surface area contributed by atoms with Crippen LogP contribution in [0.1, 0.15) is 29.9 Å². The van der Waals surface area contributed by atoms with Crippen LogP contribution in [0.4, 0.5) is 0 Å². The van der Waals surface area contributed by atoms with E-state index in [2.05, 4.69) is 41.4 Å². The molecule has 3 N–H and O–H groups in total. The topological polar surface area (TPSA) is 99.5 Å². The highest BCUT2D eigenvalue weighted by Gasteiger charge is 2.28. The molecule has 0 radical (unpaired) electrons. The van der Waals surface area contributed by atoms with Gasteiger partial charge >= 0.3 is 5.97 Å². The number of carboxylic acids is 1. The minimum absolute atomic E-state index is 0.0700. The van der Waals surface area contributed by atoms with E-state index in [0.29, 0.717) is 5.56 Å². The molecule has 7 heteroatoms. The first-order valence-electron chi connectivity index (χ1n) is 7.16. The fourth-order valence-electron chi connectivity index (χ4n) is 1.42. The molecule has 6 nitrogen and oxygen atoms in total. The fourth-order valence-corrected chi connectivity index (χ4v) is 1.94. The second-order valence-electron chi connectivity index (χ2n) is 6.96. The van der Waals surface area contributed by atoms with Gasteiger partial charge in [0.1, 0.15) is 13.8 Å². The first-order valence-corrected chi connectivity index (χ1v) is 10.7. The molecule has 23 heavy (non-hydrogen) atoms. The van der Waals surface area contributed by atoms with E-state index in [9.17, 15) is 14.7 Å². The van der Waals surface area contributed by atoms with Crippen molar-refractivity contribution in [2.45, 2.75) is 33.5 Å². The van der Waals surface area contributed by atoms with Gasteiger partial charge in [-0.05, 0) is 19.9 Å². The van der Waals surface area contributed by atoms with Crippen molar-refractivity contribution in [2.75, 3.05) is 6.54 Å². The van der Waals surface area contributed by atoms with Crippen molar-refractivity contribution in [3.8, 4) is 17.2 Å². The summed E-state index contributed by atoms with van der Waals surface area (Å²) in [5.41, 5.74) is 2.43. The molecule has 0 fully saturated rings. The Balaban J connectivity index is 2.87. The molecule has 124 valence electrons. The summed E-state index contributed by atoms with van der Waals surface area (Å²) in [6, 6.07) is 1.39. The van der Waals surface area contributed by atoms with Crippen molar-refractivity contribution in [2.24, 2.45) is 5.41 Å². The van der Waals surface area contributed by atoms with Gasteiger partial charge in [-0.1, -0.05) is 25.6 Å². The van der Waals surface area contributed by atoms with Crippen molar-refractivity contribution in [1.29, 1.82) is 0 Å². The monoisotopic (exact) mass is 334 g/mol. The SMILES string of the molecule is CC(C)(CNC(=O)c1ncc(C#C[Si](C)(C)C)cc1O)C(=O)O. The number of pyridine rings is 1. The number of nitrogens with zero attached hydrogens (tertiary/aromatic N) is 1. The number of carboxylic acid groups (broad SMARTS) is 1. The number of hydrogen-bond donors (Lipinski definition) is 3. The summed E-state index contributed by atoms with van der Waals surface area (Å²) in [4.78, 5) is 26.9. The van der Waals surface area contributed by atoms with E-state index in [1.165, 1.54) is 26.1 Å². The van der Waals surface area contributed by atoms with Crippen LogP contribution < -0.4 is 5.32 Å². The Morgan fingerprint density at radius 1 is 1.35 bits per heavy atom. The van der Waals surface area contributed by atoms with Gasteiger partial charge < -0.3 is 15.5 Å². The van der Waals surface area contributed by atoms with Gasteiger partial charge in [0, 0.05) is 18.3 Å². The van der Waals surface area contributed by atoms with Gasteiger partial charge in [0.05, 0.1) is 5.41 Å². The average molecular weight is 334 g/mol. The molecule has 1 amide bonds. The normalized spacial score (nSPS) is 11.3. The molecule has 1 aromatic heterocycles. The number of carbonyl (C=O) groups excluding carboxylic acids is 1. The van der Waals surface area contributed by atoms with Crippen LogP contribution >= 0.6 is 0 Å². The molecule has 0 bridgehead atoms. The van der Waals surface area contributed by atoms with Gasteiger partial charge in [-0.2, -0.15) is 0 Å². The molecule has 0 aromatic carbocycles. The van der Waals surface area contributed by atoms with E-state index in [1.54, 1.807) is 0 Å². The number of nitrogens with one attached hydrogen (secondary N) is 1. The number of aromatic nitrogens is 1. The summed E-state index contributed by atoms with van der Waals surface area (Å²) in [6.07, 6.45) is 1.42. The van der Waals surface area contributed by atoms with E-state index in [0.717, 1.165) is 0 Å². The number of rotatable bonds is 4. The highest BCUT2D eigenvalue weighted by atomic mass is 28.3. The zero-order valence-electron chi connectivity index (χ0n) is 14.0. The number of amides is 1. The lowest BCUT2D eigenvalue weighted by Gasteiger charge is -2.19. The molecule has 1 heterocycles. The molecule has 1 aromatic rings. The van der Waals surface area contributed by atoms with E-state index >= 15 is 0 Å². The predicted molar refractivity (Wildman–Crippen MR) is 89.9 cm³/mol. The maximum absolute atomic E-state index is 12.0. The van der Waals surface area contributed by atoms with Crippen molar-refractivity contribution in [3.05, 3.63) is 23.5 Å². The zero-order chi connectivity index (χ0) is 17.8. The second kappa shape index (κ2) is 6.83. The summed E-state index contributed by atoms with van der Waals surface area (Å²) < 4.78 is 0. The van der Waals surface area contributed by atoms with Crippen LogP contribution in [0.25, 0.3) is 0 Å². The molecule has 0 aliphatic rings. The Labute approximate surface area is 137 Å². The molecule has 0 spiro atoms. The number of aromatic hydroxyl groups is 1. The minimum Gasteiger partial charge on any atom is -0.505 e. The Hall–Kier alpha value is -2.33. The molecule has 0 saturated carbocycles. The van der Waals surface area contributed by atoms with Crippen molar-refractivity contribution in [1.82, 2.24) is 10.3 Å². The van der Waals surface area contributed by atoms with Crippen LogP contribution in [-0.4, -0.2) is 41.7 Å². The van der Waals surface area contributed by atoms with Gasteiger partial charge in [-0.15, -0.1) is 5.54 Å². The van der Waals surface area contributed by atoms with Gasteiger partial charge in [0.15, 0.2) is 5.69 Å². The Kier molecular flexibility index (Phi) is 5.56. The third-order valence-corrected chi connectivity index (χ3v) is 3.81. The summed E-state index contributed by atoms with van der Waals surface area (Å²) in [5, 5.41) is 21.4. The van der Waals surface area contributed by atoms with E-state index < -0.39 is 25.4 Å². The maximum Gasteiger partial charge on any atom is 0.310 e. The fraction of sp³-hybridized carbons (Fsp3) is 0.438. The largest absolute Gasteiger partial charge is 0.505 e. The summed E-state index contributed by atoms with van der Waals surface area (Å²) in [5.74, 6) is 1.02. The number of hydrogen-bond acceptors (Lipinski definition) is 4. The molecule has 0 saturated heterocycles. The van der Waals surface area contributed by atoms with Crippen LogP contribution in [-0.2, 0) is 4.79 Å². The van der Waals surface area contributed by atoms with Gasteiger partial charge in [0.2, 0.25) is 0 Å². The van der Waals surface area contributed by atoms with E-state index in [1.807, 2.05) is 0 Å². The van der Waals surface area contributed by atoms with Crippen molar-refractivity contribution >= 4 is 20.0 Å². The number of carbonyl (C=O) groups is 2. The highest BCUT2D eigenvalue weighted by Crippen LogP contribution is 2.17. The average Bonchev–Trinajstić information content (AvgIpc) is 2.42. The first-order chi connectivity index (χ1) is 10.4. The van der Waals surface area contributed by atoms with Gasteiger partial charge in [-0.25, -0.2) is 4.98 Å². The molecule has 1 rings (SSSR count). The first kappa shape index (κ1) is 18.7. The molecular formula is C16H22N2O4Si. The molecule has 0 unspecified atom stereocenters. The van der Waals surface area contributed by atoms with Crippen LogP contribution in [0.3, 0.4) is 0 Å². The summed E-state index contributed by atoms with van der Waals surface area (Å²) in [7, 11) is -1.54. The van der Waals surface area contributed by atoms with Crippen LogP contribution in [0.15, 0.2) is 12.3 Å². The quantitative estimate of drug-likeness (QED) is 0.576. The number of aliphatic carboxylic acids is 1. The maximum atomic E-state index is 12.0. The lowest BCUT2D eigenvalue weighted by molar-refractivity contribution is -0.146. The second-order valence-corrected chi connectivity index (χ2v) is 11.7. The predicted octanol–water partition coefficient (Wildman–Crippen LogP) is 1.86. The van der Waals surface area contributed by atoms with Crippen LogP contribution in [0, 0.1) is 16.9 Å². The molecule has 0 atom stereocenters. The highest BCUT2D eigenvalue weighted by molar-refractivity contribution is 6.83. The summed E-state index contributed by atoms with van der Waals surface area (Å²) in [6.45, 7) is 9.22. The summed E-state index contributed by atoms with van der Waals surface area (Å²) >= 11 is 0. The molecular weight excluding hydrogens is 312 g/mol.